The smallest absolute Gasteiger partial charge is 0.00174 e. The Hall–Kier alpha value is -0.0800. The molecule has 0 saturated heterocycles. The molecule has 2 nitrogen and oxygen atoms in total. The molecule has 1 saturated carbocycles. The molecule has 1 aliphatic rings. The molecule has 1 atom stereocenters. The zero-order chi connectivity index (χ0) is 10.7. The lowest BCUT2D eigenvalue weighted by Gasteiger charge is -2.27. The molecule has 0 amide bonds. The van der Waals surface area contributed by atoms with Gasteiger partial charge in [-0.1, -0.05) is 20.8 Å². The molecule has 84 valence electrons. The van der Waals surface area contributed by atoms with Crippen molar-refractivity contribution in [3.63, 3.8) is 0 Å². The largest absolute Gasteiger partial charge is 0.330 e. The van der Waals surface area contributed by atoms with Crippen LogP contribution >= 0.6 is 0 Å². The summed E-state index contributed by atoms with van der Waals surface area (Å²) >= 11 is 0. The van der Waals surface area contributed by atoms with E-state index in [1.54, 1.807) is 0 Å². The van der Waals surface area contributed by atoms with Crippen molar-refractivity contribution in [3.8, 4) is 0 Å². The number of nitrogens with one attached hydrogen (secondary N) is 1. The van der Waals surface area contributed by atoms with Crippen LogP contribution in [0, 0.1) is 10.8 Å². The van der Waals surface area contributed by atoms with E-state index in [1.165, 1.54) is 25.8 Å². The normalized spacial score (nSPS) is 23.1. The van der Waals surface area contributed by atoms with Gasteiger partial charge in [0.1, 0.15) is 0 Å². The molecule has 2 heteroatoms. The first-order chi connectivity index (χ1) is 6.60. The van der Waals surface area contributed by atoms with Crippen molar-refractivity contribution >= 4 is 0 Å². The first-order valence-electron chi connectivity index (χ1n) is 6.00. The van der Waals surface area contributed by atoms with Crippen LogP contribution in [0.15, 0.2) is 0 Å². The van der Waals surface area contributed by atoms with E-state index >= 15 is 0 Å². The summed E-state index contributed by atoms with van der Waals surface area (Å²) in [6.45, 7) is 9.85. The fourth-order valence-electron chi connectivity index (χ4n) is 1.80. The number of rotatable bonds is 7. The molecule has 1 rings (SSSR count). The second kappa shape index (κ2) is 4.63. The van der Waals surface area contributed by atoms with Gasteiger partial charge in [0.05, 0.1) is 0 Å². The molecule has 1 fully saturated rings. The minimum atomic E-state index is 0.295. The maximum Gasteiger partial charge on any atom is 0.00174 e. The fraction of sp³-hybridized carbons (Fsp3) is 1.00. The third-order valence-electron chi connectivity index (χ3n) is 4.11. The highest BCUT2D eigenvalue weighted by Gasteiger charge is 2.40. The maximum absolute atomic E-state index is 5.78. The Morgan fingerprint density at radius 2 is 2.00 bits per heavy atom. The molecular formula is C12H26N2. The Bertz CT molecular complexity index is 169. The van der Waals surface area contributed by atoms with Crippen LogP contribution in [0.2, 0.25) is 0 Å². The molecule has 0 aromatic rings. The summed E-state index contributed by atoms with van der Waals surface area (Å²) in [5.74, 6) is 0. The molecule has 14 heavy (non-hydrogen) atoms. The molecule has 0 aromatic carbocycles. The standard InChI is InChI=1S/C12H26N2/c1-4-11(3,8-13)9-14-10-12(5-2)6-7-12/h14H,4-10,13H2,1-3H3. The molecule has 1 aliphatic carbocycles. The second-order valence-corrected chi connectivity index (χ2v) is 5.33. The zero-order valence-corrected chi connectivity index (χ0v) is 10.0. The van der Waals surface area contributed by atoms with E-state index in [4.69, 9.17) is 5.73 Å². The molecule has 0 heterocycles. The van der Waals surface area contributed by atoms with Crippen LogP contribution in [-0.2, 0) is 0 Å². The topological polar surface area (TPSA) is 38.0 Å². The highest BCUT2D eigenvalue weighted by Crippen LogP contribution is 2.47. The van der Waals surface area contributed by atoms with Crippen LogP contribution in [0.4, 0.5) is 0 Å². The van der Waals surface area contributed by atoms with Gasteiger partial charge < -0.3 is 11.1 Å². The van der Waals surface area contributed by atoms with Crippen molar-refractivity contribution in [1.82, 2.24) is 5.32 Å². The van der Waals surface area contributed by atoms with Crippen molar-refractivity contribution in [3.05, 3.63) is 0 Å². The third kappa shape index (κ3) is 2.96. The lowest BCUT2D eigenvalue weighted by molar-refractivity contribution is 0.289. The summed E-state index contributed by atoms with van der Waals surface area (Å²) in [5, 5.41) is 3.60. The summed E-state index contributed by atoms with van der Waals surface area (Å²) in [7, 11) is 0. The quantitative estimate of drug-likeness (QED) is 0.658. The van der Waals surface area contributed by atoms with Crippen LogP contribution in [-0.4, -0.2) is 19.6 Å². The van der Waals surface area contributed by atoms with Gasteiger partial charge in [-0.05, 0) is 43.1 Å². The van der Waals surface area contributed by atoms with Crippen molar-refractivity contribution in [2.24, 2.45) is 16.6 Å². The van der Waals surface area contributed by atoms with Gasteiger partial charge in [0.25, 0.3) is 0 Å². The van der Waals surface area contributed by atoms with Crippen molar-refractivity contribution in [1.29, 1.82) is 0 Å². The van der Waals surface area contributed by atoms with E-state index in [9.17, 15) is 0 Å². The SMILES string of the molecule is CCC(C)(CN)CNCC1(CC)CC1. The third-order valence-corrected chi connectivity index (χ3v) is 4.11. The van der Waals surface area contributed by atoms with E-state index in [1.807, 2.05) is 0 Å². The second-order valence-electron chi connectivity index (χ2n) is 5.33. The molecule has 0 aromatic heterocycles. The molecule has 0 radical (unpaired) electrons. The molecule has 0 bridgehead atoms. The summed E-state index contributed by atoms with van der Waals surface area (Å²) in [5.41, 5.74) is 6.73. The van der Waals surface area contributed by atoms with Gasteiger partial charge in [0.15, 0.2) is 0 Å². The van der Waals surface area contributed by atoms with Gasteiger partial charge in [-0.25, -0.2) is 0 Å². The Kier molecular flexibility index (Phi) is 3.96. The van der Waals surface area contributed by atoms with E-state index < -0.39 is 0 Å². The highest BCUT2D eigenvalue weighted by molar-refractivity contribution is 4.94. The maximum atomic E-state index is 5.78. The van der Waals surface area contributed by atoms with E-state index in [0.717, 1.165) is 19.5 Å². The van der Waals surface area contributed by atoms with Crippen LogP contribution < -0.4 is 11.1 Å². The Labute approximate surface area is 88.6 Å². The molecule has 3 N–H and O–H groups in total. The number of nitrogens with two attached hydrogens (primary N) is 1. The van der Waals surface area contributed by atoms with Crippen LogP contribution in [0.1, 0.15) is 46.5 Å². The minimum Gasteiger partial charge on any atom is -0.330 e. The average Bonchev–Trinajstić information content (AvgIpc) is 2.98. The van der Waals surface area contributed by atoms with Gasteiger partial charge in [-0.15, -0.1) is 0 Å². The lowest BCUT2D eigenvalue weighted by Crippen LogP contribution is -2.39. The van der Waals surface area contributed by atoms with Gasteiger partial charge in [-0.3, -0.25) is 0 Å². The average molecular weight is 198 g/mol. The van der Waals surface area contributed by atoms with Crippen molar-refractivity contribution < 1.29 is 0 Å². The van der Waals surface area contributed by atoms with Crippen molar-refractivity contribution in [2.45, 2.75) is 46.5 Å². The highest BCUT2D eigenvalue weighted by atomic mass is 14.9. The monoisotopic (exact) mass is 198 g/mol. The van der Waals surface area contributed by atoms with Gasteiger partial charge in [0, 0.05) is 13.1 Å². The fourth-order valence-corrected chi connectivity index (χ4v) is 1.80. The Balaban J connectivity index is 2.20. The van der Waals surface area contributed by atoms with Crippen LogP contribution in [0.3, 0.4) is 0 Å². The Morgan fingerprint density at radius 3 is 2.36 bits per heavy atom. The Morgan fingerprint density at radius 1 is 1.36 bits per heavy atom. The summed E-state index contributed by atoms with van der Waals surface area (Å²) in [4.78, 5) is 0. The summed E-state index contributed by atoms with van der Waals surface area (Å²) < 4.78 is 0. The van der Waals surface area contributed by atoms with Gasteiger partial charge in [-0.2, -0.15) is 0 Å². The van der Waals surface area contributed by atoms with E-state index in [-0.39, 0.29) is 0 Å². The molecule has 0 aliphatic heterocycles. The summed E-state index contributed by atoms with van der Waals surface area (Å²) in [6, 6.07) is 0. The predicted octanol–water partition coefficient (Wildman–Crippen LogP) is 2.14. The van der Waals surface area contributed by atoms with Gasteiger partial charge in [0.2, 0.25) is 0 Å². The zero-order valence-electron chi connectivity index (χ0n) is 10.0. The number of hydrogen-bond acceptors (Lipinski definition) is 2. The predicted molar refractivity (Wildman–Crippen MR) is 62.3 cm³/mol. The first-order valence-corrected chi connectivity index (χ1v) is 6.00. The van der Waals surface area contributed by atoms with Crippen LogP contribution in [0.25, 0.3) is 0 Å². The first kappa shape index (κ1) is 12.0. The van der Waals surface area contributed by atoms with E-state index in [2.05, 4.69) is 26.1 Å². The van der Waals surface area contributed by atoms with E-state index in [0.29, 0.717) is 10.8 Å². The molecule has 0 spiro atoms. The van der Waals surface area contributed by atoms with Crippen molar-refractivity contribution in [2.75, 3.05) is 19.6 Å². The van der Waals surface area contributed by atoms with Gasteiger partial charge >= 0.3 is 0 Å². The van der Waals surface area contributed by atoms with Crippen LogP contribution in [0.5, 0.6) is 0 Å². The minimum absolute atomic E-state index is 0.295. The molecule has 1 unspecified atom stereocenters. The summed E-state index contributed by atoms with van der Waals surface area (Å²) in [6.07, 6.45) is 5.32. The molecular weight excluding hydrogens is 172 g/mol. The lowest BCUT2D eigenvalue weighted by atomic mass is 9.87. The number of hydrogen-bond donors (Lipinski definition) is 2.